The van der Waals surface area contributed by atoms with Crippen LogP contribution in [0.5, 0.6) is 0 Å². The zero-order valence-electron chi connectivity index (χ0n) is 29.3. The first kappa shape index (κ1) is 38.8. The first-order valence-corrected chi connectivity index (χ1v) is 21.4. The van der Waals surface area contributed by atoms with Crippen molar-refractivity contribution in [1.82, 2.24) is 9.55 Å². The molecule has 1 fully saturated rings. The van der Waals surface area contributed by atoms with Crippen molar-refractivity contribution in [2.24, 2.45) is 5.92 Å². The molecule has 1 saturated heterocycles. The van der Waals surface area contributed by atoms with Crippen LogP contribution in [0.3, 0.4) is 0 Å². The zero-order chi connectivity index (χ0) is 36.9. The fourth-order valence-corrected chi connectivity index (χ4v) is 14.0. The van der Waals surface area contributed by atoms with Gasteiger partial charge in [-0.3, -0.25) is 9.36 Å². The molecule has 0 saturated carbocycles. The first-order valence-electron chi connectivity index (χ1n) is 16.9. The summed E-state index contributed by atoms with van der Waals surface area (Å²) in [7, 11) is -3.17. The third-order valence-corrected chi connectivity index (χ3v) is 17.6. The van der Waals surface area contributed by atoms with E-state index in [9.17, 15) is 9.59 Å². The number of hydrogen-bond donors (Lipinski definition) is 1. The summed E-state index contributed by atoms with van der Waals surface area (Å²) in [6.07, 6.45) is -1.27. The average molecular weight is 756 g/mol. The molecule has 0 bridgehead atoms. The van der Waals surface area contributed by atoms with Crippen molar-refractivity contribution >= 4 is 48.7 Å². The van der Waals surface area contributed by atoms with E-state index in [2.05, 4.69) is 31.1 Å². The van der Waals surface area contributed by atoms with Gasteiger partial charge in [-0.2, -0.15) is 13.8 Å². The lowest BCUT2D eigenvalue weighted by molar-refractivity contribution is -0.0664. The predicted molar refractivity (Wildman–Crippen MR) is 201 cm³/mol. The van der Waals surface area contributed by atoms with Gasteiger partial charge in [0, 0.05) is 18.2 Å². The van der Waals surface area contributed by atoms with Crippen molar-refractivity contribution in [3.8, 4) is 0 Å². The number of rotatable bonds is 14. The average Bonchev–Trinajstić information content (AvgIpc) is 3.54. The Balaban J connectivity index is 1.52. The molecule has 3 aromatic carbocycles. The number of benzene rings is 3. The Morgan fingerprint density at radius 2 is 1.47 bits per heavy atom. The molecular weight excluding hydrogens is 712 g/mol. The van der Waals surface area contributed by atoms with Gasteiger partial charge in [-0.15, -0.1) is 0 Å². The molecule has 1 N–H and O–H groups in total. The molecule has 0 spiro atoms. The van der Waals surface area contributed by atoms with Crippen LogP contribution < -0.4 is 21.4 Å². The highest BCUT2D eigenvalue weighted by Crippen LogP contribution is 2.67. The summed E-state index contributed by atoms with van der Waals surface area (Å²) in [5.41, 5.74) is -4.05. The standard InChI is InChI=1S/C37H44F2N3O6PSSi/c1-6-45-49(50,46-7-2)37(38,39)30-25-33(42-24-23-32(41-35(42)44)40-34(43)27-17-11-8-12-18-27)48-31(30)26-47-51(36(3,4)5,28-19-13-9-14-20-28)29-21-15-10-16-22-29/h8-24,30-31,33H,6-7,25-26H2,1-5H3,(H,40,41,43,44)/t30-,31+,33+/m0/s1. The number of carbonyl (C=O) groups excluding carboxylic acids is 1. The second-order valence-corrected chi connectivity index (χ2v) is 21.0. The van der Waals surface area contributed by atoms with Crippen LogP contribution in [0, 0.1) is 5.92 Å². The smallest absolute Gasteiger partial charge is 0.351 e. The van der Waals surface area contributed by atoms with E-state index in [1.54, 1.807) is 44.2 Å². The van der Waals surface area contributed by atoms with Crippen LogP contribution in [-0.2, 0) is 30.0 Å². The second-order valence-electron chi connectivity index (χ2n) is 13.2. The second kappa shape index (κ2) is 16.1. The lowest BCUT2D eigenvalue weighted by Gasteiger charge is -2.44. The van der Waals surface area contributed by atoms with Crippen molar-refractivity contribution in [2.45, 2.75) is 64.1 Å². The van der Waals surface area contributed by atoms with Crippen molar-refractivity contribution in [1.29, 1.82) is 0 Å². The summed E-state index contributed by atoms with van der Waals surface area (Å²) in [5.74, 6) is -1.97. The van der Waals surface area contributed by atoms with Crippen molar-refractivity contribution in [2.75, 3.05) is 25.1 Å². The molecule has 5 rings (SSSR count). The van der Waals surface area contributed by atoms with Crippen LogP contribution in [0.15, 0.2) is 108 Å². The SMILES string of the molecule is CCOP(=S)(OCC)C(F)(F)[C@H]1C[C@H](n2ccc(NC(=O)c3ccccc3)nc2=O)O[C@@H]1CO[Si](c1ccccc1)(c1ccccc1)C(C)(C)C. The normalized spacial score (nSPS) is 18.5. The molecule has 1 aliphatic rings. The lowest BCUT2D eigenvalue weighted by Crippen LogP contribution is -2.67. The molecule has 0 aliphatic carbocycles. The molecule has 1 amide bonds. The largest absolute Gasteiger partial charge is 0.405 e. The first-order chi connectivity index (χ1) is 24.3. The monoisotopic (exact) mass is 755 g/mol. The number of carbonyl (C=O) groups is 1. The predicted octanol–water partition coefficient (Wildman–Crippen LogP) is 6.95. The highest BCUT2D eigenvalue weighted by atomic mass is 32.5. The van der Waals surface area contributed by atoms with E-state index >= 15 is 8.78 Å². The number of ether oxygens (including phenoxy) is 1. The van der Waals surface area contributed by atoms with Crippen LogP contribution in [0.4, 0.5) is 14.6 Å². The number of anilines is 1. The van der Waals surface area contributed by atoms with Crippen molar-refractivity contribution in [3.05, 3.63) is 119 Å². The highest BCUT2D eigenvalue weighted by molar-refractivity contribution is 8.10. The molecule has 2 heterocycles. The van der Waals surface area contributed by atoms with Gasteiger partial charge in [0.15, 0.2) is 0 Å². The van der Waals surface area contributed by atoms with Crippen LogP contribution in [0.25, 0.3) is 0 Å². The molecular formula is C37H44F2N3O6PSSi. The Bertz CT molecular complexity index is 1830. The van der Waals surface area contributed by atoms with Gasteiger partial charge in [0.25, 0.3) is 20.7 Å². The van der Waals surface area contributed by atoms with Gasteiger partial charge in [-0.05, 0) is 59.3 Å². The van der Waals surface area contributed by atoms with E-state index in [1.165, 1.54) is 12.3 Å². The minimum absolute atomic E-state index is 0.0136. The molecule has 1 aliphatic heterocycles. The molecule has 3 atom stereocenters. The Hall–Kier alpha value is -3.42. The maximum atomic E-state index is 16.9. The highest BCUT2D eigenvalue weighted by Gasteiger charge is 2.61. The molecule has 51 heavy (non-hydrogen) atoms. The number of halogens is 2. The summed E-state index contributed by atoms with van der Waals surface area (Å²) in [4.78, 5) is 30.1. The Morgan fingerprint density at radius 1 is 0.941 bits per heavy atom. The summed E-state index contributed by atoms with van der Waals surface area (Å²) in [6.45, 7) is 4.95. The molecule has 9 nitrogen and oxygen atoms in total. The molecule has 272 valence electrons. The number of nitrogens with zero attached hydrogens (tertiary/aromatic N) is 2. The van der Waals surface area contributed by atoms with Gasteiger partial charge in [0.2, 0.25) is 0 Å². The third-order valence-electron chi connectivity index (χ3n) is 8.94. The number of hydrogen-bond acceptors (Lipinski definition) is 8. The lowest BCUT2D eigenvalue weighted by atomic mass is 10.0. The van der Waals surface area contributed by atoms with E-state index in [1.807, 2.05) is 60.7 Å². The van der Waals surface area contributed by atoms with E-state index in [-0.39, 0.29) is 32.1 Å². The van der Waals surface area contributed by atoms with Crippen molar-refractivity contribution in [3.63, 3.8) is 0 Å². The van der Waals surface area contributed by atoms with Gasteiger partial charge in [0.1, 0.15) is 12.0 Å². The van der Waals surface area contributed by atoms with Gasteiger partial charge >= 0.3 is 11.4 Å². The summed E-state index contributed by atoms with van der Waals surface area (Å²) in [5, 5.41) is 4.13. The Morgan fingerprint density at radius 3 is 1.96 bits per heavy atom. The van der Waals surface area contributed by atoms with Gasteiger partial charge in [-0.25, -0.2) is 4.79 Å². The van der Waals surface area contributed by atoms with Gasteiger partial charge < -0.3 is 23.5 Å². The fraction of sp³-hybridized carbons (Fsp3) is 0.378. The van der Waals surface area contributed by atoms with E-state index in [0.717, 1.165) is 14.9 Å². The third kappa shape index (κ3) is 8.00. The van der Waals surface area contributed by atoms with E-state index in [4.69, 9.17) is 30.0 Å². The number of amides is 1. The molecule has 1 aromatic heterocycles. The van der Waals surface area contributed by atoms with Crippen molar-refractivity contribution < 1.29 is 31.8 Å². The minimum atomic E-state index is -4.18. The quantitative estimate of drug-likeness (QED) is 0.109. The molecule has 14 heteroatoms. The maximum absolute atomic E-state index is 16.9. The van der Waals surface area contributed by atoms with Crippen LogP contribution in [-0.4, -0.2) is 55.4 Å². The number of aromatic nitrogens is 2. The molecule has 4 aromatic rings. The van der Waals surface area contributed by atoms with Crippen LogP contribution >= 0.6 is 6.49 Å². The van der Waals surface area contributed by atoms with Gasteiger partial charge in [0.05, 0.1) is 31.8 Å². The van der Waals surface area contributed by atoms with E-state index < -0.39 is 55.4 Å². The number of alkyl halides is 2. The van der Waals surface area contributed by atoms with Gasteiger partial charge in [-0.1, -0.05) is 99.6 Å². The maximum Gasteiger partial charge on any atom is 0.351 e. The molecule has 0 radical (unpaired) electrons. The van der Waals surface area contributed by atoms with Crippen LogP contribution in [0.2, 0.25) is 5.04 Å². The van der Waals surface area contributed by atoms with E-state index in [0.29, 0.717) is 5.56 Å². The summed E-state index contributed by atoms with van der Waals surface area (Å²) >= 11 is 5.48. The number of nitrogens with one attached hydrogen (secondary N) is 1. The topological polar surface area (TPSA) is 101 Å². The summed E-state index contributed by atoms with van der Waals surface area (Å²) < 4.78 is 59.4. The Kier molecular flexibility index (Phi) is 12.2. The summed E-state index contributed by atoms with van der Waals surface area (Å²) in [6, 6.07) is 29.6. The zero-order valence-corrected chi connectivity index (χ0v) is 32.0. The fourth-order valence-electron chi connectivity index (χ4n) is 6.62. The molecule has 0 unspecified atom stereocenters. The van der Waals surface area contributed by atoms with Crippen LogP contribution in [0.1, 0.15) is 57.6 Å². The Labute approximate surface area is 303 Å². The minimum Gasteiger partial charge on any atom is -0.405 e.